The Morgan fingerprint density at radius 1 is 1.19 bits per heavy atom. The fraction of sp³-hybridized carbons (Fsp3) is 0.211. The normalized spacial score (nSPS) is 13.2. The number of hydrogen-bond donors (Lipinski definition) is 2. The summed E-state index contributed by atoms with van der Waals surface area (Å²) in [5.41, 5.74) is 1.75. The molecule has 27 heavy (non-hydrogen) atoms. The Balaban J connectivity index is 1.61. The number of aromatic amines is 1. The minimum Gasteiger partial charge on any atom is -0.349 e. The summed E-state index contributed by atoms with van der Waals surface area (Å²) in [5, 5.41) is 10.1. The van der Waals surface area contributed by atoms with E-state index in [-0.39, 0.29) is 23.0 Å². The summed E-state index contributed by atoms with van der Waals surface area (Å²) in [7, 11) is 0. The minimum absolute atomic E-state index is 0.135. The smallest absolute Gasteiger partial charge is 0.233 e. The lowest BCUT2D eigenvalue weighted by molar-refractivity contribution is -0.120. The highest BCUT2D eigenvalue weighted by molar-refractivity contribution is 9.10. The summed E-state index contributed by atoms with van der Waals surface area (Å²) in [5.74, 6) is 0.202. The zero-order valence-electron chi connectivity index (χ0n) is 14.7. The molecule has 1 amide bonds. The molecule has 3 aromatic rings. The van der Waals surface area contributed by atoms with Crippen LogP contribution in [0.5, 0.6) is 0 Å². The maximum atomic E-state index is 13.0. The Morgan fingerprint density at radius 3 is 2.59 bits per heavy atom. The van der Waals surface area contributed by atoms with Crippen LogP contribution in [0.15, 0.2) is 58.2 Å². The number of amides is 1. The molecule has 0 spiro atoms. The molecule has 0 unspecified atom stereocenters. The third-order valence-electron chi connectivity index (χ3n) is 3.97. The summed E-state index contributed by atoms with van der Waals surface area (Å²) in [6.07, 6.45) is 0. The van der Waals surface area contributed by atoms with Crippen LogP contribution in [0, 0.1) is 5.82 Å². The number of halogens is 2. The van der Waals surface area contributed by atoms with Gasteiger partial charge in [-0.3, -0.25) is 9.89 Å². The largest absolute Gasteiger partial charge is 0.349 e. The predicted octanol–water partition coefficient (Wildman–Crippen LogP) is 4.73. The molecule has 0 aliphatic heterocycles. The molecule has 2 atom stereocenters. The van der Waals surface area contributed by atoms with Crippen molar-refractivity contribution < 1.29 is 9.18 Å². The quantitative estimate of drug-likeness (QED) is 0.534. The van der Waals surface area contributed by atoms with Crippen molar-refractivity contribution in [2.45, 2.75) is 30.3 Å². The Labute approximate surface area is 169 Å². The van der Waals surface area contributed by atoms with Crippen molar-refractivity contribution in [3.05, 3.63) is 64.4 Å². The predicted molar refractivity (Wildman–Crippen MR) is 108 cm³/mol. The Kier molecular flexibility index (Phi) is 6.28. The summed E-state index contributed by atoms with van der Waals surface area (Å²) in [6, 6.07) is 13.6. The van der Waals surface area contributed by atoms with E-state index in [9.17, 15) is 9.18 Å². The van der Waals surface area contributed by atoms with E-state index in [1.54, 1.807) is 19.1 Å². The maximum absolute atomic E-state index is 13.0. The second kappa shape index (κ2) is 8.67. The summed E-state index contributed by atoms with van der Waals surface area (Å²) >= 11 is 4.76. The van der Waals surface area contributed by atoms with Gasteiger partial charge < -0.3 is 5.32 Å². The highest BCUT2D eigenvalue weighted by Crippen LogP contribution is 2.27. The van der Waals surface area contributed by atoms with Gasteiger partial charge in [0.1, 0.15) is 5.82 Å². The van der Waals surface area contributed by atoms with Gasteiger partial charge in [0.2, 0.25) is 11.1 Å². The van der Waals surface area contributed by atoms with Crippen molar-refractivity contribution in [2.24, 2.45) is 0 Å². The summed E-state index contributed by atoms with van der Waals surface area (Å²) in [4.78, 5) is 16.9. The van der Waals surface area contributed by atoms with Crippen molar-refractivity contribution in [3.63, 3.8) is 0 Å². The van der Waals surface area contributed by atoms with E-state index < -0.39 is 0 Å². The van der Waals surface area contributed by atoms with Crippen LogP contribution in [0.2, 0.25) is 0 Å². The van der Waals surface area contributed by atoms with Crippen LogP contribution >= 0.6 is 27.7 Å². The van der Waals surface area contributed by atoms with Crippen molar-refractivity contribution in [1.29, 1.82) is 0 Å². The van der Waals surface area contributed by atoms with Gasteiger partial charge in [-0.1, -0.05) is 58.0 Å². The van der Waals surface area contributed by atoms with Crippen LogP contribution < -0.4 is 5.32 Å². The summed E-state index contributed by atoms with van der Waals surface area (Å²) in [6.45, 7) is 3.66. The fourth-order valence-electron chi connectivity index (χ4n) is 2.45. The van der Waals surface area contributed by atoms with E-state index in [0.717, 1.165) is 15.6 Å². The van der Waals surface area contributed by atoms with Gasteiger partial charge in [0.15, 0.2) is 5.82 Å². The molecule has 0 bridgehead atoms. The number of carbonyl (C=O) groups excluding carboxylic acids is 1. The molecule has 0 aliphatic carbocycles. The third-order valence-corrected chi connectivity index (χ3v) is 5.63. The molecule has 5 nitrogen and oxygen atoms in total. The zero-order valence-corrected chi connectivity index (χ0v) is 17.1. The van der Waals surface area contributed by atoms with Crippen molar-refractivity contribution in [2.75, 3.05) is 0 Å². The van der Waals surface area contributed by atoms with Crippen molar-refractivity contribution in [1.82, 2.24) is 20.5 Å². The van der Waals surface area contributed by atoms with E-state index in [2.05, 4.69) is 36.4 Å². The molecule has 0 saturated carbocycles. The standard InChI is InChI=1S/C19H18BrFN4OS/c1-11(13-7-9-14(21)10-8-13)22-18(26)12(2)27-19-23-17(24-25-19)15-5-3-4-6-16(15)20/h3-12H,1-2H3,(H,22,26)(H,23,24,25)/t11-,12-/m1/s1. The lowest BCUT2D eigenvalue weighted by Gasteiger charge is -2.17. The Bertz CT molecular complexity index is 931. The van der Waals surface area contributed by atoms with Crippen LogP contribution in [0.25, 0.3) is 11.4 Å². The number of nitrogens with one attached hydrogen (secondary N) is 2. The molecule has 0 fully saturated rings. The fourth-order valence-corrected chi connectivity index (χ4v) is 3.66. The van der Waals surface area contributed by atoms with Gasteiger partial charge in [-0.25, -0.2) is 9.37 Å². The first-order valence-electron chi connectivity index (χ1n) is 8.34. The molecule has 2 aromatic carbocycles. The first kappa shape index (κ1) is 19.6. The van der Waals surface area contributed by atoms with E-state index >= 15 is 0 Å². The molecule has 1 heterocycles. The van der Waals surface area contributed by atoms with Gasteiger partial charge in [0.05, 0.1) is 11.3 Å². The third kappa shape index (κ3) is 4.95. The maximum Gasteiger partial charge on any atom is 0.233 e. The van der Waals surface area contributed by atoms with Gasteiger partial charge in [-0.15, -0.1) is 5.10 Å². The van der Waals surface area contributed by atoms with E-state index in [1.807, 2.05) is 31.2 Å². The number of carbonyl (C=O) groups is 1. The molecule has 3 rings (SSSR count). The molecule has 8 heteroatoms. The lowest BCUT2D eigenvalue weighted by Crippen LogP contribution is -2.33. The number of hydrogen-bond acceptors (Lipinski definition) is 4. The number of nitrogens with zero attached hydrogens (tertiary/aromatic N) is 2. The van der Waals surface area contributed by atoms with Crippen LogP contribution in [0.3, 0.4) is 0 Å². The number of H-pyrrole nitrogens is 1. The van der Waals surface area contributed by atoms with Crippen LogP contribution in [0.1, 0.15) is 25.5 Å². The molecule has 0 saturated heterocycles. The van der Waals surface area contributed by atoms with Gasteiger partial charge >= 0.3 is 0 Å². The van der Waals surface area contributed by atoms with Gasteiger partial charge in [-0.05, 0) is 37.6 Å². The molecular formula is C19H18BrFN4OS. The van der Waals surface area contributed by atoms with Crippen LogP contribution in [0.4, 0.5) is 4.39 Å². The van der Waals surface area contributed by atoms with Crippen molar-refractivity contribution >= 4 is 33.6 Å². The van der Waals surface area contributed by atoms with Gasteiger partial charge in [-0.2, -0.15) is 0 Å². The van der Waals surface area contributed by atoms with Gasteiger partial charge in [0.25, 0.3) is 0 Å². The second-order valence-corrected chi connectivity index (χ2v) is 8.15. The van der Waals surface area contributed by atoms with Crippen LogP contribution in [-0.2, 0) is 4.79 Å². The van der Waals surface area contributed by atoms with Crippen LogP contribution in [-0.4, -0.2) is 26.3 Å². The number of benzene rings is 2. The van der Waals surface area contributed by atoms with Crippen molar-refractivity contribution in [3.8, 4) is 11.4 Å². The highest BCUT2D eigenvalue weighted by atomic mass is 79.9. The molecule has 1 aromatic heterocycles. The zero-order chi connectivity index (χ0) is 19.4. The van der Waals surface area contributed by atoms with E-state index in [4.69, 9.17) is 0 Å². The average molecular weight is 449 g/mol. The highest BCUT2D eigenvalue weighted by Gasteiger charge is 2.20. The Morgan fingerprint density at radius 2 is 1.89 bits per heavy atom. The molecule has 140 valence electrons. The number of thioether (sulfide) groups is 1. The van der Waals surface area contributed by atoms with E-state index in [0.29, 0.717) is 11.0 Å². The lowest BCUT2D eigenvalue weighted by atomic mass is 10.1. The van der Waals surface area contributed by atoms with Gasteiger partial charge in [0, 0.05) is 10.0 Å². The first-order chi connectivity index (χ1) is 12.9. The number of rotatable bonds is 6. The Hall–Kier alpha value is -2.19. The minimum atomic E-state index is -0.379. The molecule has 2 N–H and O–H groups in total. The number of aromatic nitrogens is 3. The summed E-state index contributed by atoms with van der Waals surface area (Å²) < 4.78 is 13.9. The van der Waals surface area contributed by atoms with E-state index in [1.165, 1.54) is 23.9 Å². The average Bonchev–Trinajstić information content (AvgIpc) is 3.10. The topological polar surface area (TPSA) is 70.7 Å². The SMILES string of the molecule is C[C@@H](Sc1n[nH]c(-c2ccccc2Br)n1)C(=O)N[C@H](C)c1ccc(F)cc1. The molecule has 0 radical (unpaired) electrons. The monoisotopic (exact) mass is 448 g/mol. The first-order valence-corrected chi connectivity index (χ1v) is 10.0. The second-order valence-electron chi connectivity index (χ2n) is 5.99. The molecule has 0 aliphatic rings. The molecular weight excluding hydrogens is 431 g/mol.